The van der Waals surface area contributed by atoms with Gasteiger partial charge >= 0.3 is 0 Å². The Hall–Kier alpha value is -0.300. The van der Waals surface area contributed by atoms with Crippen LogP contribution in [0.4, 0.5) is 0 Å². The molecular weight excluding hydrogens is 184 g/mol. The molecule has 1 aliphatic carbocycles. The minimum Gasteiger partial charge on any atom is -0.395 e. The molecule has 1 atom stereocenters. The molecule has 1 heteroatoms. The van der Waals surface area contributed by atoms with E-state index in [1.165, 1.54) is 19.3 Å². The van der Waals surface area contributed by atoms with Gasteiger partial charge in [-0.3, -0.25) is 0 Å². The van der Waals surface area contributed by atoms with Crippen molar-refractivity contribution in [2.24, 2.45) is 16.2 Å². The van der Waals surface area contributed by atoms with Crippen LogP contribution in [0.25, 0.3) is 0 Å². The van der Waals surface area contributed by atoms with Gasteiger partial charge in [0.25, 0.3) is 0 Å². The Morgan fingerprint density at radius 1 is 1.20 bits per heavy atom. The minimum absolute atomic E-state index is 0.0817. The van der Waals surface area contributed by atoms with Crippen LogP contribution in [0.2, 0.25) is 0 Å². The number of hydrogen-bond donors (Lipinski definition) is 1. The molecular formula is C14H26O. The fourth-order valence-electron chi connectivity index (χ4n) is 2.29. The highest BCUT2D eigenvalue weighted by atomic mass is 16.3. The van der Waals surface area contributed by atoms with Crippen molar-refractivity contribution in [2.45, 2.75) is 53.9 Å². The summed E-state index contributed by atoms with van der Waals surface area (Å²) in [6.07, 6.45) is 8.45. The SMILES string of the molecule is CC(C)(/C=C/C1(C)CCCC1(C)C)CO. The fraction of sp³-hybridized carbons (Fsp3) is 0.857. The van der Waals surface area contributed by atoms with Gasteiger partial charge in [0.15, 0.2) is 0 Å². The molecule has 1 rings (SSSR count). The molecule has 88 valence electrons. The van der Waals surface area contributed by atoms with E-state index in [0.29, 0.717) is 10.8 Å². The van der Waals surface area contributed by atoms with E-state index in [2.05, 4.69) is 46.8 Å². The van der Waals surface area contributed by atoms with Crippen LogP contribution in [0.1, 0.15) is 53.9 Å². The van der Waals surface area contributed by atoms with Crippen LogP contribution < -0.4 is 0 Å². The van der Waals surface area contributed by atoms with E-state index in [4.69, 9.17) is 0 Å². The summed E-state index contributed by atoms with van der Waals surface area (Å²) < 4.78 is 0. The molecule has 1 aliphatic rings. The van der Waals surface area contributed by atoms with Gasteiger partial charge in [-0.1, -0.05) is 53.2 Å². The predicted molar refractivity (Wildman–Crippen MR) is 65.7 cm³/mol. The van der Waals surface area contributed by atoms with Crippen LogP contribution in [0, 0.1) is 16.2 Å². The third kappa shape index (κ3) is 2.63. The van der Waals surface area contributed by atoms with Crippen molar-refractivity contribution in [1.29, 1.82) is 0 Å². The van der Waals surface area contributed by atoms with Crippen molar-refractivity contribution in [3.63, 3.8) is 0 Å². The Bertz CT molecular complexity index is 250. The van der Waals surface area contributed by atoms with Crippen LogP contribution >= 0.6 is 0 Å². The van der Waals surface area contributed by atoms with Gasteiger partial charge in [0, 0.05) is 5.41 Å². The summed E-state index contributed by atoms with van der Waals surface area (Å²) in [5.74, 6) is 0. The molecule has 0 heterocycles. The van der Waals surface area contributed by atoms with Crippen molar-refractivity contribution >= 4 is 0 Å². The predicted octanol–water partition coefficient (Wildman–Crippen LogP) is 3.78. The van der Waals surface area contributed by atoms with Crippen molar-refractivity contribution in [3.8, 4) is 0 Å². The maximum atomic E-state index is 9.23. The fourth-order valence-corrected chi connectivity index (χ4v) is 2.29. The molecule has 0 bridgehead atoms. The second kappa shape index (κ2) is 3.93. The molecule has 1 unspecified atom stereocenters. The Morgan fingerprint density at radius 3 is 2.20 bits per heavy atom. The van der Waals surface area contributed by atoms with Gasteiger partial charge in [-0.25, -0.2) is 0 Å². The largest absolute Gasteiger partial charge is 0.395 e. The lowest BCUT2D eigenvalue weighted by atomic mass is 9.68. The first-order chi connectivity index (χ1) is 6.72. The Morgan fingerprint density at radius 2 is 1.80 bits per heavy atom. The third-order valence-electron chi connectivity index (χ3n) is 4.35. The molecule has 1 N–H and O–H groups in total. The quantitative estimate of drug-likeness (QED) is 0.703. The van der Waals surface area contributed by atoms with Gasteiger partial charge in [-0.15, -0.1) is 0 Å². The van der Waals surface area contributed by atoms with Crippen LogP contribution in [0.15, 0.2) is 12.2 Å². The van der Waals surface area contributed by atoms with E-state index >= 15 is 0 Å². The summed E-state index contributed by atoms with van der Waals surface area (Å²) in [5.41, 5.74) is 0.621. The van der Waals surface area contributed by atoms with Crippen LogP contribution in [0.5, 0.6) is 0 Å². The van der Waals surface area contributed by atoms with E-state index < -0.39 is 0 Å². The maximum Gasteiger partial charge on any atom is 0.0516 e. The summed E-state index contributed by atoms with van der Waals surface area (Å²) in [7, 11) is 0. The van der Waals surface area contributed by atoms with Gasteiger partial charge in [0.1, 0.15) is 0 Å². The van der Waals surface area contributed by atoms with Gasteiger partial charge in [0.2, 0.25) is 0 Å². The third-order valence-corrected chi connectivity index (χ3v) is 4.35. The normalized spacial score (nSPS) is 31.3. The molecule has 0 radical (unpaired) electrons. The number of rotatable bonds is 3. The molecule has 15 heavy (non-hydrogen) atoms. The zero-order chi connectivity index (χ0) is 11.7. The number of aliphatic hydroxyl groups is 1. The van der Waals surface area contributed by atoms with Gasteiger partial charge in [-0.05, 0) is 23.7 Å². The molecule has 1 nitrogen and oxygen atoms in total. The first-order valence-electron chi connectivity index (χ1n) is 6.04. The lowest BCUT2D eigenvalue weighted by Crippen LogP contribution is -2.28. The van der Waals surface area contributed by atoms with E-state index in [1.807, 2.05) is 0 Å². The lowest BCUT2D eigenvalue weighted by Gasteiger charge is -2.36. The smallest absolute Gasteiger partial charge is 0.0516 e. The van der Waals surface area contributed by atoms with Crippen LogP contribution in [0.3, 0.4) is 0 Å². The lowest BCUT2D eigenvalue weighted by molar-refractivity contribution is 0.180. The highest BCUT2D eigenvalue weighted by Crippen LogP contribution is 2.53. The molecule has 1 saturated carbocycles. The summed E-state index contributed by atoms with van der Waals surface area (Å²) in [6.45, 7) is 11.4. The Kier molecular flexibility index (Phi) is 3.35. The molecule has 0 spiro atoms. The molecule has 0 aliphatic heterocycles. The molecule has 0 aromatic rings. The highest BCUT2D eigenvalue weighted by Gasteiger charge is 2.43. The van der Waals surface area contributed by atoms with E-state index in [0.717, 1.165) is 0 Å². The van der Waals surface area contributed by atoms with E-state index in [1.54, 1.807) is 0 Å². The summed E-state index contributed by atoms with van der Waals surface area (Å²) in [5, 5.41) is 9.23. The topological polar surface area (TPSA) is 20.2 Å². The van der Waals surface area contributed by atoms with E-state index in [-0.39, 0.29) is 12.0 Å². The Labute approximate surface area is 94.6 Å². The summed E-state index contributed by atoms with van der Waals surface area (Å²) in [6, 6.07) is 0. The molecule has 0 amide bonds. The monoisotopic (exact) mass is 210 g/mol. The summed E-state index contributed by atoms with van der Waals surface area (Å²) in [4.78, 5) is 0. The highest BCUT2D eigenvalue weighted by molar-refractivity contribution is 5.10. The average Bonchev–Trinajstić information content (AvgIpc) is 2.40. The molecule has 0 aromatic heterocycles. The number of hydrogen-bond acceptors (Lipinski definition) is 1. The van der Waals surface area contributed by atoms with E-state index in [9.17, 15) is 5.11 Å². The van der Waals surface area contributed by atoms with Gasteiger partial charge in [-0.2, -0.15) is 0 Å². The van der Waals surface area contributed by atoms with Crippen molar-refractivity contribution in [1.82, 2.24) is 0 Å². The first kappa shape index (κ1) is 12.8. The molecule has 0 saturated heterocycles. The molecule has 0 aromatic carbocycles. The van der Waals surface area contributed by atoms with Gasteiger partial charge < -0.3 is 5.11 Å². The average molecular weight is 210 g/mol. The van der Waals surface area contributed by atoms with Crippen LogP contribution in [-0.4, -0.2) is 11.7 Å². The Balaban J connectivity index is 2.81. The minimum atomic E-state index is -0.0817. The summed E-state index contributed by atoms with van der Waals surface area (Å²) >= 11 is 0. The van der Waals surface area contributed by atoms with Crippen molar-refractivity contribution < 1.29 is 5.11 Å². The standard InChI is InChI=1S/C14H26O/c1-12(2,11-15)9-10-14(5)8-6-7-13(14,3)4/h9-10,15H,6-8,11H2,1-5H3/b10-9+. The number of aliphatic hydroxyl groups excluding tert-OH is 1. The van der Waals surface area contributed by atoms with Crippen molar-refractivity contribution in [3.05, 3.63) is 12.2 Å². The molecule has 1 fully saturated rings. The van der Waals surface area contributed by atoms with Gasteiger partial charge in [0.05, 0.1) is 6.61 Å². The first-order valence-corrected chi connectivity index (χ1v) is 6.04. The van der Waals surface area contributed by atoms with Crippen LogP contribution in [-0.2, 0) is 0 Å². The second-order valence-corrected chi connectivity index (χ2v) is 6.63. The van der Waals surface area contributed by atoms with Crippen molar-refractivity contribution in [2.75, 3.05) is 6.61 Å². The zero-order valence-electron chi connectivity index (χ0n) is 10.9. The maximum absolute atomic E-state index is 9.23. The zero-order valence-corrected chi connectivity index (χ0v) is 10.9. The number of allylic oxidation sites excluding steroid dienone is 1. The second-order valence-electron chi connectivity index (χ2n) is 6.63.